The molecule has 0 unspecified atom stereocenters. The molecule has 0 bridgehead atoms. The molecule has 1 aliphatic rings. The van der Waals surface area contributed by atoms with Crippen molar-refractivity contribution in [1.82, 2.24) is 19.8 Å². The van der Waals surface area contributed by atoms with Gasteiger partial charge in [-0.05, 0) is 73.2 Å². The van der Waals surface area contributed by atoms with Crippen molar-refractivity contribution in [2.24, 2.45) is 5.92 Å². The van der Waals surface area contributed by atoms with Gasteiger partial charge in [-0.25, -0.2) is 0 Å². The summed E-state index contributed by atoms with van der Waals surface area (Å²) in [6, 6.07) is 16.8. The molecule has 3 heterocycles. The lowest BCUT2D eigenvalue weighted by atomic mass is 9.84. The zero-order valence-electron chi connectivity index (χ0n) is 21.0. The molecule has 1 fully saturated rings. The number of aromatic nitrogens is 2. The van der Waals surface area contributed by atoms with Crippen LogP contribution in [0, 0.1) is 5.92 Å². The topological polar surface area (TPSA) is 88.8 Å². The number of likely N-dealkylation sites (N-methyl/N-ethyl adjacent to an activating group) is 1. The molecule has 0 aliphatic carbocycles. The number of carbonyl (C=O) groups excluding carboxylic acids is 2. The van der Waals surface area contributed by atoms with Gasteiger partial charge in [-0.2, -0.15) is 0 Å². The van der Waals surface area contributed by atoms with E-state index in [9.17, 15) is 9.59 Å². The predicted octanol–water partition coefficient (Wildman–Crippen LogP) is 4.47. The summed E-state index contributed by atoms with van der Waals surface area (Å²) in [6.07, 6.45) is 7.06. The Kier molecular flexibility index (Phi) is 7.16. The fraction of sp³-hybridized carbons (Fsp3) is 0.310. The lowest BCUT2D eigenvalue weighted by Gasteiger charge is -2.40. The highest BCUT2D eigenvalue weighted by molar-refractivity contribution is 5.97. The molecule has 190 valence electrons. The van der Waals surface area contributed by atoms with Gasteiger partial charge in [0.2, 0.25) is 0 Å². The van der Waals surface area contributed by atoms with Crippen LogP contribution < -0.4 is 4.74 Å². The number of benzene rings is 2. The minimum absolute atomic E-state index is 0.00429. The Morgan fingerprint density at radius 1 is 1.05 bits per heavy atom. The van der Waals surface area contributed by atoms with Crippen LogP contribution in [0.15, 0.2) is 77.7 Å². The maximum absolute atomic E-state index is 13.3. The van der Waals surface area contributed by atoms with Crippen molar-refractivity contribution in [2.45, 2.75) is 25.3 Å². The molecular formula is C29H30N4O4. The van der Waals surface area contributed by atoms with Crippen molar-refractivity contribution in [1.29, 1.82) is 0 Å². The Morgan fingerprint density at radius 3 is 2.57 bits per heavy atom. The van der Waals surface area contributed by atoms with Crippen molar-refractivity contribution >= 4 is 22.8 Å². The molecule has 1 saturated heterocycles. The third-order valence-electron chi connectivity index (χ3n) is 7.22. The second-order valence-corrected chi connectivity index (χ2v) is 9.41. The van der Waals surface area contributed by atoms with Crippen LogP contribution in [-0.2, 0) is 6.42 Å². The van der Waals surface area contributed by atoms with Crippen LogP contribution in [0.3, 0.4) is 0 Å². The summed E-state index contributed by atoms with van der Waals surface area (Å²) in [6.45, 7) is 1.25. The standard InChI is InChI=1S/C29H30N4O4/c1-32(29(35)27-7-4-16-37-27)26(18-20-5-3-6-23(17-20)36-2)21-10-14-33(15-11-21)28(34)22-8-9-24-25(19-22)31-13-12-30-24/h3-9,12-13,16-17,19,21,26H,10-11,14-15,18H2,1-2H3/t26-/m1/s1. The minimum atomic E-state index is -0.145. The van der Waals surface area contributed by atoms with Crippen molar-refractivity contribution in [3.63, 3.8) is 0 Å². The fourth-order valence-corrected chi connectivity index (χ4v) is 5.15. The number of hydrogen-bond acceptors (Lipinski definition) is 6. The molecule has 1 atom stereocenters. The molecule has 2 aromatic carbocycles. The van der Waals surface area contributed by atoms with Gasteiger partial charge in [-0.1, -0.05) is 12.1 Å². The molecule has 1 aliphatic heterocycles. The first-order valence-corrected chi connectivity index (χ1v) is 12.5. The van der Waals surface area contributed by atoms with Gasteiger partial charge in [0, 0.05) is 44.1 Å². The van der Waals surface area contributed by atoms with Crippen molar-refractivity contribution in [3.05, 3.63) is 90.1 Å². The number of carbonyl (C=O) groups is 2. The SMILES string of the molecule is COc1cccc(C[C@H](C2CCN(C(=O)c3ccc4nccnc4c3)CC2)N(C)C(=O)c2ccco2)c1. The number of methoxy groups -OCH3 is 1. The fourth-order valence-electron chi connectivity index (χ4n) is 5.15. The highest BCUT2D eigenvalue weighted by Crippen LogP contribution is 2.29. The number of nitrogens with zero attached hydrogens (tertiary/aromatic N) is 4. The zero-order chi connectivity index (χ0) is 25.8. The molecule has 0 spiro atoms. The van der Waals surface area contributed by atoms with Crippen LogP contribution in [0.25, 0.3) is 11.0 Å². The second kappa shape index (κ2) is 10.8. The van der Waals surface area contributed by atoms with E-state index in [1.807, 2.05) is 42.3 Å². The van der Waals surface area contributed by atoms with Crippen LogP contribution in [0.4, 0.5) is 0 Å². The molecule has 5 rings (SSSR count). The molecular weight excluding hydrogens is 468 g/mol. The number of fused-ring (bicyclic) bond motifs is 1. The van der Waals surface area contributed by atoms with E-state index in [0.717, 1.165) is 29.7 Å². The molecule has 8 nitrogen and oxygen atoms in total. The maximum Gasteiger partial charge on any atom is 0.289 e. The summed E-state index contributed by atoms with van der Waals surface area (Å²) in [4.78, 5) is 38.8. The third-order valence-corrected chi connectivity index (χ3v) is 7.22. The summed E-state index contributed by atoms with van der Waals surface area (Å²) < 4.78 is 10.8. The van der Waals surface area contributed by atoms with Crippen LogP contribution >= 0.6 is 0 Å². The van der Waals surface area contributed by atoms with E-state index >= 15 is 0 Å². The van der Waals surface area contributed by atoms with E-state index < -0.39 is 0 Å². The first-order chi connectivity index (χ1) is 18.0. The van der Waals surface area contributed by atoms with Crippen LogP contribution in [-0.4, -0.2) is 64.9 Å². The Bertz CT molecular complexity index is 1380. The van der Waals surface area contributed by atoms with E-state index in [1.165, 1.54) is 6.26 Å². The summed E-state index contributed by atoms with van der Waals surface area (Å²) >= 11 is 0. The molecule has 8 heteroatoms. The zero-order valence-corrected chi connectivity index (χ0v) is 21.0. The molecule has 4 aromatic rings. The van der Waals surface area contributed by atoms with E-state index in [4.69, 9.17) is 9.15 Å². The Hall–Kier alpha value is -4.20. The average molecular weight is 499 g/mol. The Labute approximate surface area is 215 Å². The predicted molar refractivity (Wildman–Crippen MR) is 139 cm³/mol. The molecule has 2 aromatic heterocycles. The number of rotatable bonds is 7. The van der Waals surface area contributed by atoms with Crippen LogP contribution in [0.1, 0.15) is 39.3 Å². The van der Waals surface area contributed by atoms with Gasteiger partial charge in [-0.3, -0.25) is 19.6 Å². The third kappa shape index (κ3) is 5.33. The van der Waals surface area contributed by atoms with Crippen LogP contribution in [0.5, 0.6) is 5.75 Å². The number of hydrogen-bond donors (Lipinski definition) is 0. The quantitative estimate of drug-likeness (QED) is 0.374. The summed E-state index contributed by atoms with van der Waals surface area (Å²) in [5.41, 5.74) is 3.19. The summed E-state index contributed by atoms with van der Waals surface area (Å²) in [5, 5.41) is 0. The molecule has 0 radical (unpaired) electrons. The second-order valence-electron chi connectivity index (χ2n) is 9.41. The Balaban J connectivity index is 1.32. The van der Waals surface area contributed by atoms with Crippen molar-refractivity contribution < 1.29 is 18.7 Å². The van der Waals surface area contributed by atoms with E-state index in [2.05, 4.69) is 16.0 Å². The number of likely N-dealkylation sites (tertiary alicyclic amines) is 1. The maximum atomic E-state index is 13.3. The molecule has 37 heavy (non-hydrogen) atoms. The van der Waals surface area contributed by atoms with E-state index in [-0.39, 0.29) is 23.8 Å². The van der Waals surface area contributed by atoms with E-state index in [0.29, 0.717) is 36.4 Å². The van der Waals surface area contributed by atoms with E-state index in [1.54, 1.807) is 42.6 Å². The number of furan rings is 1. The van der Waals surface area contributed by atoms with Gasteiger partial charge in [0.1, 0.15) is 5.75 Å². The van der Waals surface area contributed by atoms with Gasteiger partial charge < -0.3 is 19.0 Å². The minimum Gasteiger partial charge on any atom is -0.497 e. The first-order valence-electron chi connectivity index (χ1n) is 12.5. The smallest absolute Gasteiger partial charge is 0.289 e. The largest absolute Gasteiger partial charge is 0.497 e. The molecule has 2 amide bonds. The summed E-state index contributed by atoms with van der Waals surface area (Å²) in [7, 11) is 3.49. The monoisotopic (exact) mass is 498 g/mol. The van der Waals surface area contributed by atoms with Gasteiger partial charge in [-0.15, -0.1) is 0 Å². The molecule has 0 saturated carbocycles. The first kappa shape index (κ1) is 24.5. The normalized spacial score (nSPS) is 14.9. The highest BCUT2D eigenvalue weighted by atomic mass is 16.5. The number of piperidine rings is 1. The number of ether oxygens (including phenoxy) is 1. The van der Waals surface area contributed by atoms with Crippen LogP contribution in [0.2, 0.25) is 0 Å². The summed E-state index contributed by atoms with van der Waals surface area (Å²) in [5.74, 6) is 1.19. The van der Waals surface area contributed by atoms with Gasteiger partial charge >= 0.3 is 0 Å². The lowest BCUT2D eigenvalue weighted by Crippen LogP contribution is -2.48. The average Bonchev–Trinajstić information content (AvgIpc) is 3.50. The lowest BCUT2D eigenvalue weighted by molar-refractivity contribution is 0.0505. The molecule has 0 N–H and O–H groups in total. The van der Waals surface area contributed by atoms with Gasteiger partial charge in [0.15, 0.2) is 5.76 Å². The highest BCUT2D eigenvalue weighted by Gasteiger charge is 2.34. The van der Waals surface area contributed by atoms with Gasteiger partial charge in [0.25, 0.3) is 11.8 Å². The number of amides is 2. The van der Waals surface area contributed by atoms with Crippen molar-refractivity contribution in [2.75, 3.05) is 27.2 Å². The van der Waals surface area contributed by atoms with Crippen molar-refractivity contribution in [3.8, 4) is 5.75 Å². The Morgan fingerprint density at radius 2 is 1.84 bits per heavy atom. The van der Waals surface area contributed by atoms with Gasteiger partial charge in [0.05, 0.1) is 24.4 Å².